The number of ether oxygens (including phenoxy) is 4. The maximum Gasteiger partial charge on any atom is 0.306 e. The minimum Gasteiger partial charge on any atom is -0.466 e. The summed E-state index contributed by atoms with van der Waals surface area (Å²) in [5, 5.41) is 0. The molecule has 186 valence electrons. The van der Waals surface area contributed by atoms with E-state index in [-0.39, 0.29) is 41.1 Å². The zero-order valence-electron chi connectivity index (χ0n) is 20.7. The molecule has 1 spiro atoms. The number of rotatable bonds is 7. The maximum absolute atomic E-state index is 13.7. The first-order chi connectivity index (χ1) is 16.2. The molecule has 1 aromatic rings. The second kappa shape index (κ2) is 8.61. The van der Waals surface area contributed by atoms with Gasteiger partial charge in [0.1, 0.15) is 0 Å². The summed E-state index contributed by atoms with van der Waals surface area (Å²) in [5.74, 6) is -0.796. The van der Waals surface area contributed by atoms with Crippen LogP contribution in [0.3, 0.4) is 0 Å². The first-order valence-corrected chi connectivity index (χ1v) is 12.5. The Balaban J connectivity index is 1.43. The van der Waals surface area contributed by atoms with Gasteiger partial charge < -0.3 is 23.8 Å². The quantitative estimate of drug-likeness (QED) is 0.568. The lowest BCUT2D eigenvalue weighted by atomic mass is 9.62. The maximum atomic E-state index is 13.7. The van der Waals surface area contributed by atoms with Crippen LogP contribution in [0.15, 0.2) is 30.3 Å². The fourth-order valence-corrected chi connectivity index (χ4v) is 7.06. The Morgan fingerprint density at radius 2 is 1.79 bits per heavy atom. The second-order valence-corrected chi connectivity index (χ2v) is 11.4. The normalized spacial score (nSPS) is 35.1. The minimum atomic E-state index is -0.694. The van der Waals surface area contributed by atoms with Gasteiger partial charge in [-0.1, -0.05) is 44.2 Å². The van der Waals surface area contributed by atoms with Crippen LogP contribution in [0.4, 0.5) is 0 Å². The highest BCUT2D eigenvalue weighted by atomic mass is 16.7. The van der Waals surface area contributed by atoms with Crippen molar-refractivity contribution in [3.8, 4) is 0 Å². The van der Waals surface area contributed by atoms with Crippen LogP contribution >= 0.6 is 0 Å². The molecule has 5 atom stereocenters. The zero-order valence-corrected chi connectivity index (χ0v) is 20.7. The molecule has 2 saturated heterocycles. The molecule has 4 fully saturated rings. The number of carbonyl (C=O) groups is 2. The number of piperidine rings is 1. The summed E-state index contributed by atoms with van der Waals surface area (Å²) in [6, 6.07) is 9.98. The molecule has 2 saturated carbocycles. The van der Waals surface area contributed by atoms with Crippen LogP contribution in [0.5, 0.6) is 0 Å². The van der Waals surface area contributed by atoms with Gasteiger partial charge in [0.05, 0.1) is 44.9 Å². The van der Waals surface area contributed by atoms with Crippen molar-refractivity contribution in [3.05, 3.63) is 35.9 Å². The summed E-state index contributed by atoms with van der Waals surface area (Å²) in [6.07, 6.45) is 1.56. The average molecular weight is 472 g/mol. The first-order valence-electron chi connectivity index (χ1n) is 12.5. The number of hydrogen-bond acceptors (Lipinski definition) is 6. The van der Waals surface area contributed by atoms with Gasteiger partial charge in [-0.15, -0.1) is 0 Å². The number of nitrogens with zero attached hydrogens (tertiary/aromatic N) is 1. The zero-order chi connectivity index (χ0) is 24.1. The van der Waals surface area contributed by atoms with Crippen LogP contribution < -0.4 is 0 Å². The Morgan fingerprint density at radius 1 is 1.12 bits per heavy atom. The Labute approximate surface area is 202 Å². The van der Waals surface area contributed by atoms with Crippen LogP contribution in [-0.4, -0.2) is 62.1 Å². The molecule has 34 heavy (non-hydrogen) atoms. The molecular formula is C27H37NO6. The third-order valence-electron chi connectivity index (χ3n) is 8.53. The summed E-state index contributed by atoms with van der Waals surface area (Å²) < 4.78 is 24.4. The highest BCUT2D eigenvalue weighted by Crippen LogP contribution is 2.68. The van der Waals surface area contributed by atoms with Gasteiger partial charge in [0.25, 0.3) is 0 Å². The number of likely N-dealkylation sites (tertiary alicyclic amines) is 1. The highest BCUT2D eigenvalue weighted by Gasteiger charge is 2.76. The van der Waals surface area contributed by atoms with Crippen LogP contribution in [0.25, 0.3) is 0 Å². The molecule has 0 radical (unpaired) electrons. The highest BCUT2D eigenvalue weighted by molar-refractivity contribution is 5.88. The molecule has 4 aliphatic rings. The Bertz CT molecular complexity index is 922. The summed E-state index contributed by atoms with van der Waals surface area (Å²) in [6.45, 7) is 8.52. The van der Waals surface area contributed by atoms with E-state index in [4.69, 9.17) is 18.9 Å². The Kier molecular flexibility index (Phi) is 6.02. The van der Waals surface area contributed by atoms with Gasteiger partial charge in [0.15, 0.2) is 5.79 Å². The van der Waals surface area contributed by atoms with E-state index in [9.17, 15) is 9.59 Å². The second-order valence-electron chi connectivity index (χ2n) is 11.4. The molecule has 1 amide bonds. The number of carbonyl (C=O) groups excluding carboxylic acids is 2. The summed E-state index contributed by atoms with van der Waals surface area (Å²) in [5.41, 5.74) is 0.392. The molecule has 2 aliphatic heterocycles. The van der Waals surface area contributed by atoms with Gasteiger partial charge in [0.2, 0.25) is 5.91 Å². The van der Waals surface area contributed by atoms with E-state index in [1.807, 2.05) is 49.2 Å². The summed E-state index contributed by atoms with van der Waals surface area (Å²) >= 11 is 0. The number of amides is 1. The van der Waals surface area contributed by atoms with Gasteiger partial charge in [-0.25, -0.2) is 0 Å². The molecule has 0 aromatic heterocycles. The van der Waals surface area contributed by atoms with Crippen LogP contribution in [-0.2, 0) is 35.1 Å². The SMILES string of the molecule is CCOC(=O)C[C@@H]1[C@H]2[C@H]3CC4(C[C@@H]1[C@@]3(COCc1ccccc1)C(=O)N2C)OCC(C)(C)CO4. The van der Waals surface area contributed by atoms with E-state index < -0.39 is 11.2 Å². The van der Waals surface area contributed by atoms with Crippen LogP contribution in [0.1, 0.15) is 45.6 Å². The minimum absolute atomic E-state index is 0.00795. The van der Waals surface area contributed by atoms with Gasteiger partial charge in [-0.3, -0.25) is 9.59 Å². The molecule has 5 rings (SSSR count). The third-order valence-corrected chi connectivity index (χ3v) is 8.53. The van der Waals surface area contributed by atoms with Crippen LogP contribution in [0.2, 0.25) is 0 Å². The lowest BCUT2D eigenvalue weighted by Gasteiger charge is -2.52. The van der Waals surface area contributed by atoms with Crippen molar-refractivity contribution in [1.82, 2.24) is 4.90 Å². The number of hydrogen-bond donors (Lipinski definition) is 0. The van der Waals surface area contributed by atoms with E-state index in [1.165, 1.54) is 0 Å². The molecule has 4 bridgehead atoms. The molecule has 2 heterocycles. The summed E-state index contributed by atoms with van der Waals surface area (Å²) in [4.78, 5) is 28.2. The molecule has 2 aliphatic carbocycles. The fourth-order valence-electron chi connectivity index (χ4n) is 7.06. The van der Waals surface area contributed by atoms with Crippen molar-refractivity contribution in [3.63, 3.8) is 0 Å². The predicted octanol–water partition coefficient (Wildman–Crippen LogP) is 3.41. The third kappa shape index (κ3) is 3.76. The first kappa shape index (κ1) is 23.8. The molecular weight excluding hydrogens is 434 g/mol. The molecule has 0 N–H and O–H groups in total. The molecule has 1 aromatic carbocycles. The van der Waals surface area contributed by atoms with E-state index in [0.29, 0.717) is 52.3 Å². The number of benzene rings is 1. The largest absolute Gasteiger partial charge is 0.466 e. The molecule has 7 heteroatoms. The Morgan fingerprint density at radius 3 is 2.47 bits per heavy atom. The van der Waals surface area contributed by atoms with Crippen LogP contribution in [0, 0.1) is 28.6 Å². The lowest BCUT2D eigenvalue weighted by Crippen LogP contribution is -2.59. The van der Waals surface area contributed by atoms with Crippen molar-refractivity contribution in [1.29, 1.82) is 0 Å². The monoisotopic (exact) mass is 471 g/mol. The standard InChI is InChI=1S/C27H37NO6/c1-5-32-22(29)11-19-20-12-26(33-15-25(2,3)16-34-26)13-21-23(19)28(4)24(30)27(20,21)17-31-14-18-9-7-6-8-10-18/h6-10,19-21,23H,5,11-17H2,1-4H3/t19-,20-,21+,23-,27+/m0/s1. The van der Waals surface area contributed by atoms with E-state index in [2.05, 4.69) is 13.8 Å². The Hall–Kier alpha value is -1.96. The lowest BCUT2D eigenvalue weighted by molar-refractivity contribution is -0.326. The van der Waals surface area contributed by atoms with E-state index in [0.717, 1.165) is 5.56 Å². The average Bonchev–Trinajstić information content (AvgIpc) is 3.09. The van der Waals surface area contributed by atoms with Gasteiger partial charge in [0, 0.05) is 37.3 Å². The summed E-state index contributed by atoms with van der Waals surface area (Å²) in [7, 11) is 1.87. The van der Waals surface area contributed by atoms with Gasteiger partial charge >= 0.3 is 5.97 Å². The molecule has 7 nitrogen and oxygen atoms in total. The van der Waals surface area contributed by atoms with Gasteiger partial charge in [-0.05, 0) is 24.3 Å². The van der Waals surface area contributed by atoms with E-state index >= 15 is 0 Å². The fraction of sp³-hybridized carbons (Fsp3) is 0.704. The number of esters is 1. The van der Waals surface area contributed by atoms with Crippen molar-refractivity contribution in [2.24, 2.45) is 28.6 Å². The van der Waals surface area contributed by atoms with Crippen molar-refractivity contribution in [2.75, 3.05) is 33.5 Å². The van der Waals surface area contributed by atoms with Crippen molar-refractivity contribution in [2.45, 2.75) is 58.5 Å². The van der Waals surface area contributed by atoms with Gasteiger partial charge in [-0.2, -0.15) is 0 Å². The van der Waals surface area contributed by atoms with E-state index in [1.54, 1.807) is 0 Å². The van der Waals surface area contributed by atoms with Crippen molar-refractivity contribution < 1.29 is 28.5 Å². The molecule has 0 unspecified atom stereocenters. The smallest absolute Gasteiger partial charge is 0.306 e. The predicted molar refractivity (Wildman–Crippen MR) is 124 cm³/mol. The topological polar surface area (TPSA) is 74.3 Å². The van der Waals surface area contributed by atoms with Crippen molar-refractivity contribution >= 4 is 11.9 Å².